The standard InChI is InChI=1S/C25H26N4O/c1-16-15-22(17(2)18(3)26-16)28(4)24-25(30)29(5)21-14-10-9-13-20(21)23(27-24)19-11-7-6-8-12-19/h6-15,24H,1-5H3/t24-/m0/s1. The highest BCUT2D eigenvalue weighted by Crippen LogP contribution is 2.31. The predicted octanol–water partition coefficient (Wildman–Crippen LogP) is 4.28. The predicted molar refractivity (Wildman–Crippen MR) is 123 cm³/mol. The van der Waals surface area contributed by atoms with Gasteiger partial charge in [0.05, 0.1) is 11.4 Å². The summed E-state index contributed by atoms with van der Waals surface area (Å²) in [6.45, 7) is 6.00. The maximum atomic E-state index is 13.5. The molecule has 30 heavy (non-hydrogen) atoms. The minimum atomic E-state index is -0.683. The third-order valence-corrected chi connectivity index (χ3v) is 5.73. The summed E-state index contributed by atoms with van der Waals surface area (Å²) >= 11 is 0. The van der Waals surface area contributed by atoms with Crippen LogP contribution in [0.4, 0.5) is 11.4 Å². The van der Waals surface area contributed by atoms with Gasteiger partial charge in [0, 0.05) is 42.3 Å². The van der Waals surface area contributed by atoms with Crippen LogP contribution in [-0.2, 0) is 4.79 Å². The number of likely N-dealkylation sites (N-methyl/N-ethyl adjacent to an activating group) is 2. The molecule has 152 valence electrons. The van der Waals surface area contributed by atoms with Gasteiger partial charge in [-0.1, -0.05) is 48.5 Å². The molecule has 0 saturated heterocycles. The molecule has 0 spiro atoms. The van der Waals surface area contributed by atoms with E-state index < -0.39 is 6.17 Å². The van der Waals surface area contributed by atoms with Gasteiger partial charge < -0.3 is 9.80 Å². The molecule has 1 aromatic heterocycles. The van der Waals surface area contributed by atoms with Crippen LogP contribution in [0.15, 0.2) is 65.7 Å². The molecule has 0 saturated carbocycles. The number of hydrogen-bond acceptors (Lipinski definition) is 4. The lowest BCUT2D eigenvalue weighted by Crippen LogP contribution is -2.45. The van der Waals surface area contributed by atoms with E-state index in [1.54, 1.807) is 4.90 Å². The molecular weight excluding hydrogens is 372 g/mol. The van der Waals surface area contributed by atoms with Crippen molar-refractivity contribution in [3.63, 3.8) is 0 Å². The zero-order valence-electron chi connectivity index (χ0n) is 18.0. The summed E-state index contributed by atoms with van der Waals surface area (Å²) in [6.07, 6.45) is -0.683. The second-order valence-electron chi connectivity index (χ2n) is 7.74. The Morgan fingerprint density at radius 3 is 2.37 bits per heavy atom. The average Bonchev–Trinajstić information content (AvgIpc) is 2.86. The highest BCUT2D eigenvalue weighted by Gasteiger charge is 2.33. The Morgan fingerprint density at radius 1 is 0.967 bits per heavy atom. The van der Waals surface area contributed by atoms with E-state index in [2.05, 4.69) is 4.98 Å². The summed E-state index contributed by atoms with van der Waals surface area (Å²) in [5, 5.41) is 0. The number of hydrogen-bond donors (Lipinski definition) is 0. The van der Waals surface area contributed by atoms with Crippen LogP contribution < -0.4 is 9.80 Å². The van der Waals surface area contributed by atoms with Crippen LogP contribution in [0.1, 0.15) is 28.1 Å². The van der Waals surface area contributed by atoms with Crippen LogP contribution in [0.3, 0.4) is 0 Å². The summed E-state index contributed by atoms with van der Waals surface area (Å²) in [7, 11) is 3.75. The lowest BCUT2D eigenvalue weighted by molar-refractivity contribution is -0.119. The molecule has 0 fully saturated rings. The zero-order valence-corrected chi connectivity index (χ0v) is 18.0. The number of amides is 1. The van der Waals surface area contributed by atoms with Crippen molar-refractivity contribution >= 4 is 23.0 Å². The minimum Gasteiger partial charge on any atom is -0.345 e. The van der Waals surface area contributed by atoms with Crippen LogP contribution in [0.25, 0.3) is 0 Å². The summed E-state index contributed by atoms with van der Waals surface area (Å²) in [5.74, 6) is -0.0672. The number of nitrogens with zero attached hydrogens (tertiary/aromatic N) is 4. The number of pyridine rings is 1. The fourth-order valence-corrected chi connectivity index (χ4v) is 3.95. The first-order valence-electron chi connectivity index (χ1n) is 10.1. The van der Waals surface area contributed by atoms with Crippen LogP contribution in [0.5, 0.6) is 0 Å². The average molecular weight is 399 g/mol. The number of aliphatic imine (C=N–C) groups is 1. The van der Waals surface area contributed by atoms with Gasteiger partial charge in [0.2, 0.25) is 6.17 Å². The molecule has 2 aromatic carbocycles. The maximum absolute atomic E-state index is 13.5. The lowest BCUT2D eigenvalue weighted by atomic mass is 10.0. The largest absolute Gasteiger partial charge is 0.345 e. The van der Waals surface area contributed by atoms with Gasteiger partial charge in [-0.2, -0.15) is 0 Å². The zero-order chi connectivity index (χ0) is 21.4. The maximum Gasteiger partial charge on any atom is 0.272 e. The van der Waals surface area contributed by atoms with Crippen molar-refractivity contribution in [2.75, 3.05) is 23.9 Å². The molecule has 1 amide bonds. The minimum absolute atomic E-state index is 0.0672. The van der Waals surface area contributed by atoms with Crippen LogP contribution in [0.2, 0.25) is 0 Å². The molecule has 0 N–H and O–H groups in total. The van der Waals surface area contributed by atoms with Gasteiger partial charge in [-0.25, -0.2) is 4.99 Å². The Labute approximate surface area is 177 Å². The first-order valence-corrected chi connectivity index (χ1v) is 10.1. The van der Waals surface area contributed by atoms with E-state index in [0.29, 0.717) is 0 Å². The molecule has 1 aliphatic heterocycles. The van der Waals surface area contributed by atoms with Crippen molar-refractivity contribution in [1.29, 1.82) is 0 Å². The van der Waals surface area contributed by atoms with Crippen molar-refractivity contribution in [2.24, 2.45) is 4.99 Å². The van der Waals surface area contributed by atoms with Crippen LogP contribution >= 0.6 is 0 Å². The Bertz CT molecular complexity index is 1140. The molecule has 0 bridgehead atoms. The Morgan fingerprint density at radius 2 is 1.63 bits per heavy atom. The van der Waals surface area contributed by atoms with E-state index >= 15 is 0 Å². The van der Waals surface area contributed by atoms with Crippen molar-refractivity contribution in [3.05, 3.63) is 88.7 Å². The first-order chi connectivity index (χ1) is 14.4. The number of carbonyl (C=O) groups is 1. The van der Waals surface area contributed by atoms with Gasteiger partial charge in [-0.15, -0.1) is 0 Å². The van der Waals surface area contributed by atoms with Crippen molar-refractivity contribution < 1.29 is 4.79 Å². The quantitative estimate of drug-likeness (QED) is 0.662. The molecule has 0 radical (unpaired) electrons. The summed E-state index contributed by atoms with van der Waals surface area (Å²) in [4.78, 5) is 26.8. The Kier molecular flexibility index (Phi) is 5.12. The number of carbonyl (C=O) groups excluding carboxylic acids is 1. The number of aryl methyl sites for hydroxylation is 2. The highest BCUT2D eigenvalue weighted by atomic mass is 16.2. The topological polar surface area (TPSA) is 48.8 Å². The Balaban J connectivity index is 1.91. The van der Waals surface area contributed by atoms with Crippen molar-refractivity contribution in [2.45, 2.75) is 26.9 Å². The summed E-state index contributed by atoms with van der Waals surface area (Å²) in [5.41, 5.74) is 7.53. The number of rotatable bonds is 3. The number of fused-ring (bicyclic) bond motifs is 1. The van der Waals surface area contributed by atoms with Crippen LogP contribution in [0, 0.1) is 20.8 Å². The number of anilines is 2. The van der Waals surface area contributed by atoms with Crippen LogP contribution in [-0.4, -0.2) is 36.9 Å². The third kappa shape index (κ3) is 3.36. The smallest absolute Gasteiger partial charge is 0.272 e. The fraction of sp³-hybridized carbons (Fsp3) is 0.240. The van der Waals surface area contributed by atoms with E-state index in [0.717, 1.165) is 45.2 Å². The second kappa shape index (κ2) is 7.75. The third-order valence-electron chi connectivity index (χ3n) is 5.73. The monoisotopic (exact) mass is 398 g/mol. The van der Waals surface area contributed by atoms with Gasteiger partial charge in [-0.3, -0.25) is 9.78 Å². The number of aromatic nitrogens is 1. The van der Waals surface area contributed by atoms with Gasteiger partial charge in [0.1, 0.15) is 0 Å². The molecule has 5 nitrogen and oxygen atoms in total. The molecule has 1 aliphatic rings. The van der Waals surface area contributed by atoms with E-state index in [-0.39, 0.29) is 5.91 Å². The fourth-order valence-electron chi connectivity index (χ4n) is 3.95. The van der Waals surface area contributed by atoms with Gasteiger partial charge in [0.25, 0.3) is 5.91 Å². The van der Waals surface area contributed by atoms with Crippen molar-refractivity contribution in [1.82, 2.24) is 4.98 Å². The van der Waals surface area contributed by atoms with E-state index in [1.807, 2.05) is 100 Å². The molecule has 0 aliphatic carbocycles. The molecule has 5 heteroatoms. The summed E-state index contributed by atoms with van der Waals surface area (Å²) in [6, 6.07) is 20.0. The molecule has 2 heterocycles. The lowest BCUT2D eigenvalue weighted by Gasteiger charge is -2.30. The second-order valence-corrected chi connectivity index (χ2v) is 7.74. The molecule has 0 unspecified atom stereocenters. The number of para-hydroxylation sites is 1. The highest BCUT2D eigenvalue weighted by molar-refractivity contribution is 6.20. The molecule has 1 atom stereocenters. The molecular formula is C25H26N4O. The van der Waals surface area contributed by atoms with E-state index in [9.17, 15) is 4.79 Å². The summed E-state index contributed by atoms with van der Waals surface area (Å²) < 4.78 is 0. The number of benzene rings is 2. The normalized spacial score (nSPS) is 16.0. The Hall–Kier alpha value is -3.47. The van der Waals surface area contributed by atoms with E-state index in [4.69, 9.17) is 4.99 Å². The number of benzodiazepines with no additional fused rings is 1. The van der Waals surface area contributed by atoms with E-state index in [1.165, 1.54) is 0 Å². The van der Waals surface area contributed by atoms with Gasteiger partial charge >= 0.3 is 0 Å². The SMILES string of the molecule is Cc1cc(N(C)[C@@H]2N=C(c3ccccc3)c3ccccc3N(C)C2=O)c(C)c(C)n1. The first kappa shape index (κ1) is 19.8. The van der Waals surface area contributed by atoms with Crippen molar-refractivity contribution in [3.8, 4) is 0 Å². The molecule has 3 aromatic rings. The van der Waals surface area contributed by atoms with Gasteiger partial charge in [-0.05, 0) is 38.5 Å². The molecule has 4 rings (SSSR count). The van der Waals surface area contributed by atoms with Gasteiger partial charge in [0.15, 0.2) is 0 Å².